The Bertz CT molecular complexity index is 819. The van der Waals surface area contributed by atoms with Crippen LogP contribution in [0.4, 0.5) is 0 Å². The first-order valence-corrected chi connectivity index (χ1v) is 9.31. The third-order valence-electron chi connectivity index (χ3n) is 4.48. The van der Waals surface area contributed by atoms with Crippen LogP contribution >= 0.6 is 0 Å². The van der Waals surface area contributed by atoms with Crippen molar-refractivity contribution in [3.8, 4) is 22.4 Å². The molecule has 0 N–H and O–H groups in total. The van der Waals surface area contributed by atoms with Crippen molar-refractivity contribution in [3.05, 3.63) is 78.0 Å². The Morgan fingerprint density at radius 2 is 1.68 bits per heavy atom. The first kappa shape index (κ1) is 17.4. The molecule has 1 heterocycles. The Morgan fingerprint density at radius 1 is 0.880 bits per heavy atom. The molecular weight excluding hydrogens is 302 g/mol. The number of nitrogens with zero attached hydrogens (tertiary/aromatic N) is 1. The monoisotopic (exact) mass is 329 g/mol. The summed E-state index contributed by atoms with van der Waals surface area (Å²) >= 11 is 0. The van der Waals surface area contributed by atoms with E-state index < -0.39 is 0 Å². The van der Waals surface area contributed by atoms with Gasteiger partial charge in [-0.05, 0) is 59.2 Å². The average Bonchev–Trinajstić information content (AvgIpc) is 2.63. The van der Waals surface area contributed by atoms with Gasteiger partial charge < -0.3 is 0 Å². The van der Waals surface area contributed by atoms with Crippen LogP contribution in [0.25, 0.3) is 22.4 Å². The average molecular weight is 329 g/mol. The highest BCUT2D eigenvalue weighted by atomic mass is 14.7. The molecule has 0 spiro atoms. The molecule has 128 valence electrons. The Kier molecular flexibility index (Phi) is 5.65. The van der Waals surface area contributed by atoms with Gasteiger partial charge in [-0.25, -0.2) is 0 Å². The van der Waals surface area contributed by atoms with Crippen LogP contribution in [-0.4, -0.2) is 4.98 Å². The zero-order valence-corrected chi connectivity index (χ0v) is 15.5. The topological polar surface area (TPSA) is 12.9 Å². The van der Waals surface area contributed by atoms with Crippen LogP contribution in [0.15, 0.2) is 66.9 Å². The van der Waals surface area contributed by atoms with E-state index in [2.05, 4.69) is 81.4 Å². The number of rotatable bonds is 6. The van der Waals surface area contributed by atoms with E-state index in [9.17, 15) is 0 Å². The van der Waals surface area contributed by atoms with E-state index in [0.717, 1.165) is 25.0 Å². The summed E-state index contributed by atoms with van der Waals surface area (Å²) in [5.74, 6) is 0.654. The van der Waals surface area contributed by atoms with E-state index in [1.165, 1.54) is 27.8 Å². The van der Waals surface area contributed by atoms with E-state index in [1.807, 2.05) is 6.20 Å². The van der Waals surface area contributed by atoms with Crippen LogP contribution < -0.4 is 0 Å². The summed E-state index contributed by atoms with van der Waals surface area (Å²) in [6.45, 7) is 6.76. The van der Waals surface area contributed by atoms with Crippen LogP contribution in [0.1, 0.15) is 38.3 Å². The summed E-state index contributed by atoms with van der Waals surface area (Å²) in [6, 6.07) is 21.8. The largest absolute Gasteiger partial charge is 0.256 e. The van der Waals surface area contributed by atoms with E-state index in [0.29, 0.717) is 5.92 Å². The number of hydrogen-bond donors (Lipinski definition) is 0. The van der Waals surface area contributed by atoms with Crippen molar-refractivity contribution < 1.29 is 0 Å². The first-order valence-electron chi connectivity index (χ1n) is 9.31. The molecule has 0 amide bonds. The van der Waals surface area contributed by atoms with Gasteiger partial charge in [-0.15, -0.1) is 0 Å². The Labute approximate surface area is 151 Å². The number of aryl methyl sites for hydroxylation is 1. The molecule has 0 aliphatic rings. The first-order chi connectivity index (χ1) is 12.2. The zero-order chi connectivity index (χ0) is 17.6. The fourth-order valence-electron chi connectivity index (χ4n) is 3.33. The van der Waals surface area contributed by atoms with Gasteiger partial charge in [0.25, 0.3) is 0 Å². The molecule has 0 unspecified atom stereocenters. The second-order valence-electron chi connectivity index (χ2n) is 7.14. The van der Waals surface area contributed by atoms with E-state index in [-0.39, 0.29) is 0 Å². The predicted octanol–water partition coefficient (Wildman–Crippen LogP) is 6.57. The van der Waals surface area contributed by atoms with Crippen LogP contribution in [0.2, 0.25) is 0 Å². The molecule has 0 saturated heterocycles. The molecule has 0 fully saturated rings. The number of pyridine rings is 1. The smallest absolute Gasteiger partial charge is 0.0707 e. The lowest BCUT2D eigenvalue weighted by Gasteiger charge is -2.13. The third-order valence-corrected chi connectivity index (χ3v) is 4.48. The summed E-state index contributed by atoms with van der Waals surface area (Å²) in [4.78, 5) is 4.69. The minimum Gasteiger partial charge on any atom is -0.256 e. The molecule has 1 aromatic heterocycles. The lowest BCUT2D eigenvalue weighted by molar-refractivity contribution is 0.647. The number of benzene rings is 2. The van der Waals surface area contributed by atoms with Gasteiger partial charge in [-0.2, -0.15) is 0 Å². The Balaban J connectivity index is 2.06. The third kappa shape index (κ3) is 4.36. The minimum atomic E-state index is 0.654. The van der Waals surface area contributed by atoms with Crippen LogP contribution in [0.5, 0.6) is 0 Å². The lowest BCUT2D eigenvalue weighted by Crippen LogP contribution is -1.97. The molecule has 3 rings (SSSR count). The van der Waals surface area contributed by atoms with Crippen molar-refractivity contribution in [1.29, 1.82) is 0 Å². The normalized spacial score (nSPS) is 11.0. The van der Waals surface area contributed by atoms with Crippen LogP contribution in [0.3, 0.4) is 0 Å². The summed E-state index contributed by atoms with van der Waals surface area (Å²) in [5, 5.41) is 0. The molecule has 0 bridgehead atoms. The van der Waals surface area contributed by atoms with Crippen molar-refractivity contribution >= 4 is 0 Å². The molecule has 2 aromatic carbocycles. The molecular formula is C24H27N. The molecule has 1 nitrogen and oxygen atoms in total. The molecule has 0 aliphatic carbocycles. The van der Waals surface area contributed by atoms with Crippen LogP contribution in [-0.2, 0) is 12.8 Å². The van der Waals surface area contributed by atoms with Crippen molar-refractivity contribution in [2.24, 2.45) is 5.92 Å². The molecule has 3 aromatic rings. The van der Waals surface area contributed by atoms with Gasteiger partial charge in [0.15, 0.2) is 0 Å². The zero-order valence-electron chi connectivity index (χ0n) is 15.5. The fraction of sp³-hybridized carbons (Fsp3) is 0.292. The fourth-order valence-corrected chi connectivity index (χ4v) is 3.33. The molecule has 0 aliphatic heterocycles. The molecule has 0 atom stereocenters. The summed E-state index contributed by atoms with van der Waals surface area (Å²) in [5.41, 5.74) is 7.63. The molecule has 1 heteroatoms. The van der Waals surface area contributed by atoms with E-state index in [4.69, 9.17) is 4.98 Å². The van der Waals surface area contributed by atoms with Gasteiger partial charge in [0.2, 0.25) is 0 Å². The standard InChI is InChI=1S/C24H27N/c1-4-8-21-11-12-22(20-9-6-5-7-10-20)17-23(21)24-16-19(13-14-25-24)15-18(2)3/h5-7,9-14,16-18H,4,8,15H2,1-3H3. The van der Waals surface area contributed by atoms with Gasteiger partial charge in [0.1, 0.15) is 0 Å². The maximum absolute atomic E-state index is 4.69. The van der Waals surface area contributed by atoms with Gasteiger partial charge in [-0.3, -0.25) is 4.98 Å². The summed E-state index contributed by atoms with van der Waals surface area (Å²) in [7, 11) is 0. The highest BCUT2D eigenvalue weighted by Crippen LogP contribution is 2.30. The van der Waals surface area contributed by atoms with Crippen molar-refractivity contribution in [2.75, 3.05) is 0 Å². The quantitative estimate of drug-likeness (QED) is 0.498. The highest BCUT2D eigenvalue weighted by Gasteiger charge is 2.10. The van der Waals surface area contributed by atoms with Crippen molar-refractivity contribution in [1.82, 2.24) is 4.98 Å². The second-order valence-corrected chi connectivity index (χ2v) is 7.14. The van der Waals surface area contributed by atoms with E-state index >= 15 is 0 Å². The van der Waals surface area contributed by atoms with Crippen LogP contribution in [0, 0.1) is 5.92 Å². The van der Waals surface area contributed by atoms with Crippen molar-refractivity contribution in [3.63, 3.8) is 0 Å². The maximum Gasteiger partial charge on any atom is 0.0707 e. The molecule has 0 radical (unpaired) electrons. The Morgan fingerprint density at radius 3 is 2.40 bits per heavy atom. The van der Waals surface area contributed by atoms with Gasteiger partial charge in [-0.1, -0.05) is 69.7 Å². The SMILES string of the molecule is CCCc1ccc(-c2ccccc2)cc1-c1cc(CC(C)C)ccn1. The predicted molar refractivity (Wildman–Crippen MR) is 108 cm³/mol. The second kappa shape index (κ2) is 8.11. The van der Waals surface area contributed by atoms with E-state index in [1.54, 1.807) is 0 Å². The highest BCUT2D eigenvalue weighted by molar-refractivity contribution is 5.74. The molecule has 0 saturated carbocycles. The van der Waals surface area contributed by atoms with Gasteiger partial charge in [0, 0.05) is 11.8 Å². The van der Waals surface area contributed by atoms with Crippen molar-refractivity contribution in [2.45, 2.75) is 40.0 Å². The van der Waals surface area contributed by atoms with Gasteiger partial charge >= 0.3 is 0 Å². The number of aromatic nitrogens is 1. The molecule has 25 heavy (non-hydrogen) atoms. The minimum absolute atomic E-state index is 0.654. The lowest BCUT2D eigenvalue weighted by atomic mass is 9.93. The summed E-state index contributed by atoms with van der Waals surface area (Å²) < 4.78 is 0. The number of hydrogen-bond acceptors (Lipinski definition) is 1. The Hall–Kier alpha value is -2.41. The summed E-state index contributed by atoms with van der Waals surface area (Å²) in [6.07, 6.45) is 5.28. The van der Waals surface area contributed by atoms with Gasteiger partial charge in [0.05, 0.1) is 5.69 Å². The maximum atomic E-state index is 4.69.